The summed E-state index contributed by atoms with van der Waals surface area (Å²) in [4.78, 5) is 23.7. The summed E-state index contributed by atoms with van der Waals surface area (Å²) >= 11 is 0. The number of pyridine rings is 2. The number of aromatic amines is 1. The molecule has 3 aromatic heterocycles. The first-order valence-electron chi connectivity index (χ1n) is 9.36. The molecule has 0 aliphatic heterocycles. The van der Waals surface area contributed by atoms with Gasteiger partial charge in [0.1, 0.15) is 5.82 Å². The molecule has 7 heteroatoms. The Balaban J connectivity index is 1.66. The van der Waals surface area contributed by atoms with Crippen molar-refractivity contribution in [3.8, 4) is 22.5 Å². The van der Waals surface area contributed by atoms with Gasteiger partial charge < -0.3 is 15.8 Å². The predicted octanol–water partition coefficient (Wildman–Crippen LogP) is 3.48. The summed E-state index contributed by atoms with van der Waals surface area (Å²) in [5.74, 6) is -1.04. The summed E-state index contributed by atoms with van der Waals surface area (Å²) in [5.41, 5.74) is 12.0. The molecule has 0 spiro atoms. The topological polar surface area (TPSA) is 105 Å². The van der Waals surface area contributed by atoms with E-state index in [0.29, 0.717) is 41.3 Å². The lowest BCUT2D eigenvalue weighted by molar-refractivity contribution is 0.0694. The van der Waals surface area contributed by atoms with Gasteiger partial charge in [0.15, 0.2) is 0 Å². The molecule has 1 unspecified atom stereocenters. The van der Waals surface area contributed by atoms with Crippen LogP contribution in [0, 0.1) is 11.7 Å². The SMILES string of the molecule is NC(c1[nH]c2c(c1C(=O)O)CCc1cnc(-c3cncc(F)c3)cc1-2)C1CC1. The first-order valence-corrected chi connectivity index (χ1v) is 9.36. The molecule has 1 fully saturated rings. The first kappa shape index (κ1) is 17.1. The quantitative estimate of drug-likeness (QED) is 0.645. The third kappa shape index (κ3) is 2.70. The van der Waals surface area contributed by atoms with Crippen LogP contribution >= 0.6 is 0 Å². The molecule has 6 nitrogen and oxygen atoms in total. The number of halogens is 1. The molecule has 1 saturated carbocycles. The monoisotopic (exact) mass is 378 g/mol. The van der Waals surface area contributed by atoms with Gasteiger partial charge in [-0.2, -0.15) is 0 Å². The third-order valence-corrected chi connectivity index (χ3v) is 5.71. The highest BCUT2D eigenvalue weighted by Gasteiger charge is 2.36. The number of nitrogens with two attached hydrogens (primary N) is 1. The zero-order chi connectivity index (χ0) is 19.4. The van der Waals surface area contributed by atoms with E-state index >= 15 is 0 Å². The smallest absolute Gasteiger partial charge is 0.337 e. The van der Waals surface area contributed by atoms with Crippen LogP contribution < -0.4 is 5.73 Å². The molecular weight excluding hydrogens is 359 g/mol. The van der Waals surface area contributed by atoms with E-state index < -0.39 is 11.8 Å². The van der Waals surface area contributed by atoms with Crippen molar-refractivity contribution in [2.45, 2.75) is 31.7 Å². The minimum Gasteiger partial charge on any atom is -0.478 e. The van der Waals surface area contributed by atoms with Crippen LogP contribution in [0.4, 0.5) is 4.39 Å². The molecule has 2 aliphatic rings. The van der Waals surface area contributed by atoms with Gasteiger partial charge in [0.2, 0.25) is 0 Å². The number of rotatable bonds is 4. The van der Waals surface area contributed by atoms with Crippen molar-refractivity contribution in [1.29, 1.82) is 0 Å². The van der Waals surface area contributed by atoms with Crippen LogP contribution in [0.5, 0.6) is 0 Å². The second-order valence-corrected chi connectivity index (χ2v) is 7.55. The Bertz CT molecular complexity index is 1100. The Kier molecular flexibility index (Phi) is 3.80. The summed E-state index contributed by atoms with van der Waals surface area (Å²) in [5, 5.41) is 9.83. The number of carboxylic acids is 1. The van der Waals surface area contributed by atoms with E-state index in [2.05, 4.69) is 15.0 Å². The summed E-state index contributed by atoms with van der Waals surface area (Å²) in [7, 11) is 0. The van der Waals surface area contributed by atoms with Crippen LogP contribution in [0.25, 0.3) is 22.5 Å². The van der Waals surface area contributed by atoms with E-state index in [-0.39, 0.29) is 6.04 Å². The zero-order valence-corrected chi connectivity index (χ0v) is 15.1. The number of nitrogens with one attached hydrogen (secondary N) is 1. The number of aromatic nitrogens is 3. The number of hydrogen-bond acceptors (Lipinski definition) is 4. The van der Waals surface area contributed by atoms with Crippen LogP contribution in [0.2, 0.25) is 0 Å². The minimum absolute atomic E-state index is 0.297. The molecule has 0 radical (unpaired) electrons. The van der Waals surface area contributed by atoms with E-state index in [1.54, 1.807) is 12.4 Å². The summed E-state index contributed by atoms with van der Waals surface area (Å²) in [6, 6.07) is 2.96. The summed E-state index contributed by atoms with van der Waals surface area (Å²) in [6.45, 7) is 0. The lowest BCUT2D eigenvalue weighted by Gasteiger charge is -2.17. The first-order chi connectivity index (χ1) is 13.5. The van der Waals surface area contributed by atoms with Crippen molar-refractivity contribution in [2.24, 2.45) is 11.7 Å². The molecule has 28 heavy (non-hydrogen) atoms. The Morgan fingerprint density at radius 1 is 1.25 bits per heavy atom. The number of carboxylic acid groups (broad SMARTS) is 1. The number of aryl methyl sites for hydroxylation is 1. The Morgan fingerprint density at radius 2 is 2.07 bits per heavy atom. The van der Waals surface area contributed by atoms with Crippen molar-refractivity contribution in [2.75, 3.05) is 0 Å². The largest absolute Gasteiger partial charge is 0.478 e. The van der Waals surface area contributed by atoms with Gasteiger partial charge in [-0.1, -0.05) is 0 Å². The van der Waals surface area contributed by atoms with Crippen LogP contribution in [-0.2, 0) is 12.8 Å². The van der Waals surface area contributed by atoms with E-state index in [1.807, 2.05) is 6.07 Å². The van der Waals surface area contributed by atoms with Gasteiger partial charge in [-0.25, -0.2) is 9.18 Å². The maximum Gasteiger partial charge on any atom is 0.337 e. The highest BCUT2D eigenvalue weighted by molar-refractivity contribution is 5.95. The Morgan fingerprint density at radius 3 is 2.79 bits per heavy atom. The number of H-pyrrole nitrogens is 1. The van der Waals surface area contributed by atoms with Gasteiger partial charge in [-0.3, -0.25) is 9.97 Å². The van der Waals surface area contributed by atoms with Gasteiger partial charge >= 0.3 is 5.97 Å². The fraction of sp³-hybridized carbons (Fsp3) is 0.286. The number of fused-ring (bicyclic) bond motifs is 3. The van der Waals surface area contributed by atoms with E-state index in [4.69, 9.17) is 5.73 Å². The zero-order valence-electron chi connectivity index (χ0n) is 15.1. The second kappa shape index (κ2) is 6.24. The number of nitrogens with zero attached hydrogens (tertiary/aromatic N) is 2. The fourth-order valence-electron chi connectivity index (χ4n) is 4.11. The van der Waals surface area contributed by atoms with Gasteiger partial charge in [0.05, 0.1) is 23.1 Å². The predicted molar refractivity (Wildman–Crippen MR) is 101 cm³/mol. The van der Waals surface area contributed by atoms with Crippen LogP contribution in [0.15, 0.2) is 30.7 Å². The standard InChI is InChI=1S/C21H19FN4O2/c22-13-5-12(7-24-9-13)16-6-15-11(8-25-16)3-4-14-17(21(27)28)20(26-19(14)15)18(23)10-1-2-10/h5-10,18,26H,1-4,23H2,(H,27,28). The Labute approximate surface area is 160 Å². The normalized spacial score (nSPS) is 16.4. The molecule has 0 aromatic carbocycles. The molecule has 1 atom stereocenters. The van der Waals surface area contributed by atoms with Crippen LogP contribution in [-0.4, -0.2) is 26.0 Å². The fourth-order valence-corrected chi connectivity index (χ4v) is 4.11. The van der Waals surface area contributed by atoms with Crippen molar-refractivity contribution in [3.05, 3.63) is 58.9 Å². The van der Waals surface area contributed by atoms with Gasteiger partial charge in [0.25, 0.3) is 0 Å². The second-order valence-electron chi connectivity index (χ2n) is 7.55. The molecule has 0 bridgehead atoms. The van der Waals surface area contributed by atoms with Crippen LogP contribution in [0.1, 0.15) is 46.1 Å². The van der Waals surface area contributed by atoms with Gasteiger partial charge in [-0.05, 0) is 54.9 Å². The highest BCUT2D eigenvalue weighted by atomic mass is 19.1. The molecule has 2 aliphatic carbocycles. The molecule has 3 heterocycles. The maximum atomic E-state index is 13.6. The van der Waals surface area contributed by atoms with E-state index in [0.717, 1.165) is 41.4 Å². The molecule has 0 saturated heterocycles. The third-order valence-electron chi connectivity index (χ3n) is 5.71. The number of hydrogen-bond donors (Lipinski definition) is 3. The average molecular weight is 378 g/mol. The van der Waals surface area contributed by atoms with E-state index in [9.17, 15) is 14.3 Å². The van der Waals surface area contributed by atoms with Crippen molar-refractivity contribution in [3.63, 3.8) is 0 Å². The average Bonchev–Trinajstić information content (AvgIpc) is 3.45. The van der Waals surface area contributed by atoms with Crippen molar-refractivity contribution in [1.82, 2.24) is 15.0 Å². The summed E-state index contributed by atoms with van der Waals surface area (Å²) in [6.07, 6.45) is 7.87. The van der Waals surface area contributed by atoms with Crippen LogP contribution in [0.3, 0.4) is 0 Å². The minimum atomic E-state index is -0.948. The lowest BCUT2D eigenvalue weighted by atomic mass is 9.88. The van der Waals surface area contributed by atoms with Crippen molar-refractivity contribution >= 4 is 5.97 Å². The maximum absolute atomic E-state index is 13.6. The Hall–Kier alpha value is -3.06. The van der Waals surface area contributed by atoms with E-state index in [1.165, 1.54) is 6.07 Å². The van der Waals surface area contributed by atoms with Gasteiger partial charge in [-0.15, -0.1) is 0 Å². The van der Waals surface area contributed by atoms with Crippen molar-refractivity contribution < 1.29 is 14.3 Å². The molecule has 0 amide bonds. The number of carbonyl (C=O) groups is 1. The molecule has 5 rings (SSSR count). The molecule has 4 N–H and O–H groups in total. The van der Waals surface area contributed by atoms with Gasteiger partial charge in [0, 0.05) is 35.3 Å². The highest BCUT2D eigenvalue weighted by Crippen LogP contribution is 2.44. The molecule has 3 aromatic rings. The molecule has 142 valence electrons. The molecular formula is C21H19FN4O2. The number of aromatic carboxylic acids is 1. The lowest BCUT2D eigenvalue weighted by Crippen LogP contribution is -2.17. The summed E-state index contributed by atoms with van der Waals surface area (Å²) < 4.78 is 13.6.